The van der Waals surface area contributed by atoms with Crippen molar-refractivity contribution in [3.8, 4) is 0 Å². The molecule has 0 bridgehead atoms. The summed E-state index contributed by atoms with van der Waals surface area (Å²) >= 11 is 1.21. The summed E-state index contributed by atoms with van der Waals surface area (Å²) in [6, 6.07) is 9.10. The molecule has 0 aliphatic carbocycles. The second kappa shape index (κ2) is 5.75. The van der Waals surface area contributed by atoms with E-state index in [0.29, 0.717) is 12.3 Å². The third-order valence-corrected chi connectivity index (χ3v) is 3.85. The maximum absolute atomic E-state index is 11.1. The lowest BCUT2D eigenvalue weighted by Gasteiger charge is -2.29. The van der Waals surface area contributed by atoms with Gasteiger partial charge in [0.25, 0.3) is 0 Å². The molecular formula is C12H12N2O4S. The zero-order valence-corrected chi connectivity index (χ0v) is 10.8. The van der Waals surface area contributed by atoms with Crippen molar-refractivity contribution in [1.29, 1.82) is 0 Å². The van der Waals surface area contributed by atoms with Crippen LogP contribution in [0, 0.1) is 10.1 Å². The molecular weight excluding hydrogens is 268 g/mol. The lowest BCUT2D eigenvalue weighted by Crippen LogP contribution is -2.30. The Balaban J connectivity index is 2.49. The van der Waals surface area contributed by atoms with Crippen LogP contribution in [-0.4, -0.2) is 28.3 Å². The summed E-state index contributed by atoms with van der Waals surface area (Å²) in [6.07, 6.45) is 0.855. The molecule has 0 aromatic heterocycles. The van der Waals surface area contributed by atoms with E-state index in [0.717, 1.165) is 12.1 Å². The van der Waals surface area contributed by atoms with Gasteiger partial charge >= 0.3 is 11.7 Å². The fraction of sp³-hybridized carbons (Fsp3) is 0.250. The molecule has 1 aromatic rings. The molecule has 0 amide bonds. The third-order valence-electron chi connectivity index (χ3n) is 2.67. The van der Waals surface area contributed by atoms with Gasteiger partial charge in [-0.25, -0.2) is 4.79 Å². The van der Waals surface area contributed by atoms with Crippen LogP contribution in [0.15, 0.2) is 41.1 Å². The van der Waals surface area contributed by atoms with Gasteiger partial charge in [0.2, 0.25) is 0 Å². The van der Waals surface area contributed by atoms with Gasteiger partial charge in [0.1, 0.15) is 0 Å². The van der Waals surface area contributed by atoms with Crippen LogP contribution in [0.25, 0.3) is 0 Å². The number of aliphatic carboxylic acids is 1. The summed E-state index contributed by atoms with van der Waals surface area (Å²) in [7, 11) is 0. The SMILES string of the molecule is O=C(O)C(=C1SCCCN1c1ccccc1)[N+](=O)[O-]. The van der Waals surface area contributed by atoms with Crippen LogP contribution in [0.5, 0.6) is 0 Å². The van der Waals surface area contributed by atoms with Gasteiger partial charge < -0.3 is 10.0 Å². The molecule has 1 aliphatic heterocycles. The normalized spacial score (nSPS) is 18.0. The number of carbonyl (C=O) groups is 1. The zero-order valence-electron chi connectivity index (χ0n) is 9.98. The Labute approximate surface area is 113 Å². The smallest absolute Gasteiger partial charge is 0.410 e. The topological polar surface area (TPSA) is 83.7 Å². The summed E-state index contributed by atoms with van der Waals surface area (Å²) in [5.74, 6) is -0.821. The van der Waals surface area contributed by atoms with E-state index in [4.69, 9.17) is 5.11 Å². The minimum absolute atomic E-state index is 0.204. The van der Waals surface area contributed by atoms with E-state index in [1.165, 1.54) is 11.8 Å². The van der Waals surface area contributed by atoms with Crippen LogP contribution in [0.3, 0.4) is 0 Å². The minimum atomic E-state index is -1.50. The first kappa shape index (κ1) is 13.4. The Kier molecular flexibility index (Phi) is 4.06. The van der Waals surface area contributed by atoms with Crippen molar-refractivity contribution in [3.63, 3.8) is 0 Å². The number of thioether (sulfide) groups is 1. The second-order valence-corrected chi connectivity index (χ2v) is 4.99. The van der Waals surface area contributed by atoms with E-state index >= 15 is 0 Å². The second-order valence-electron chi connectivity index (χ2n) is 3.91. The number of rotatable bonds is 3. The monoisotopic (exact) mass is 280 g/mol. The largest absolute Gasteiger partial charge is 0.473 e. The van der Waals surface area contributed by atoms with Crippen LogP contribution in [-0.2, 0) is 4.79 Å². The molecule has 19 heavy (non-hydrogen) atoms. The number of hydrogen-bond donors (Lipinski definition) is 1. The quantitative estimate of drug-likeness (QED) is 0.519. The Morgan fingerprint density at radius 2 is 2.05 bits per heavy atom. The highest BCUT2D eigenvalue weighted by atomic mass is 32.2. The zero-order chi connectivity index (χ0) is 13.8. The summed E-state index contributed by atoms with van der Waals surface area (Å²) in [6.45, 7) is 0.580. The lowest BCUT2D eigenvalue weighted by molar-refractivity contribution is -0.421. The Morgan fingerprint density at radius 1 is 1.37 bits per heavy atom. The van der Waals surface area contributed by atoms with Crippen LogP contribution < -0.4 is 4.90 Å². The van der Waals surface area contributed by atoms with E-state index in [2.05, 4.69) is 0 Å². The first-order valence-corrected chi connectivity index (χ1v) is 6.67. The molecule has 1 heterocycles. The number of benzene rings is 1. The predicted octanol–water partition coefficient (Wildman–Crippen LogP) is 2.16. The highest BCUT2D eigenvalue weighted by molar-refractivity contribution is 8.03. The molecule has 0 unspecified atom stereocenters. The third kappa shape index (κ3) is 2.87. The van der Waals surface area contributed by atoms with Gasteiger partial charge in [-0.3, -0.25) is 10.1 Å². The van der Waals surface area contributed by atoms with Crippen molar-refractivity contribution >= 4 is 23.4 Å². The standard InChI is InChI=1S/C12H12N2O4S/c15-12(16)10(14(17)18)11-13(7-4-8-19-11)9-5-2-1-3-6-9/h1-3,5-6H,4,7-8H2,(H,15,16). The van der Waals surface area contributed by atoms with E-state index in [1.54, 1.807) is 4.90 Å². The van der Waals surface area contributed by atoms with Crippen molar-refractivity contribution in [3.05, 3.63) is 51.2 Å². The number of carboxylic acid groups (broad SMARTS) is 1. The van der Waals surface area contributed by atoms with Crippen LogP contribution in [0.2, 0.25) is 0 Å². The molecule has 0 atom stereocenters. The van der Waals surface area contributed by atoms with Gasteiger partial charge in [0.05, 0.1) is 4.92 Å². The van der Waals surface area contributed by atoms with Gasteiger partial charge in [-0.1, -0.05) is 18.2 Å². The molecule has 0 spiro atoms. The molecule has 0 saturated carbocycles. The fourth-order valence-corrected chi connectivity index (χ4v) is 2.99. The Bertz CT molecular complexity index is 514. The molecule has 6 nitrogen and oxygen atoms in total. The number of carboxylic acids is 1. The van der Waals surface area contributed by atoms with Gasteiger partial charge in [-0.15, -0.1) is 11.8 Å². The van der Waals surface area contributed by atoms with E-state index in [-0.39, 0.29) is 5.03 Å². The average Bonchev–Trinajstić information content (AvgIpc) is 2.39. The molecule has 7 heteroatoms. The van der Waals surface area contributed by atoms with Crippen molar-refractivity contribution < 1.29 is 14.8 Å². The summed E-state index contributed by atoms with van der Waals surface area (Å²) < 4.78 is 0. The maximum atomic E-state index is 11.1. The van der Waals surface area contributed by atoms with Crippen LogP contribution in [0.4, 0.5) is 5.69 Å². The van der Waals surface area contributed by atoms with Crippen molar-refractivity contribution in [2.24, 2.45) is 0 Å². The molecule has 100 valence electrons. The van der Waals surface area contributed by atoms with Gasteiger partial charge in [-0.05, 0) is 18.6 Å². The van der Waals surface area contributed by atoms with E-state index in [9.17, 15) is 14.9 Å². The molecule has 2 rings (SSSR count). The summed E-state index contributed by atoms with van der Waals surface area (Å²) in [5.41, 5.74) is 0.0128. The number of para-hydroxylation sites is 1. The van der Waals surface area contributed by atoms with Gasteiger partial charge in [-0.2, -0.15) is 0 Å². The van der Waals surface area contributed by atoms with Gasteiger partial charge in [0, 0.05) is 18.0 Å². The van der Waals surface area contributed by atoms with Crippen LogP contribution >= 0.6 is 11.8 Å². The molecule has 0 radical (unpaired) electrons. The van der Waals surface area contributed by atoms with Crippen LogP contribution in [0.1, 0.15) is 6.42 Å². The van der Waals surface area contributed by atoms with Crippen molar-refractivity contribution in [1.82, 2.24) is 0 Å². The van der Waals surface area contributed by atoms with Crippen molar-refractivity contribution in [2.45, 2.75) is 6.42 Å². The Hall–Kier alpha value is -2.02. The molecule has 1 aromatic carbocycles. The molecule has 1 fully saturated rings. The first-order valence-electron chi connectivity index (χ1n) is 5.68. The summed E-state index contributed by atoms with van der Waals surface area (Å²) in [4.78, 5) is 22.9. The fourth-order valence-electron chi connectivity index (χ4n) is 1.87. The number of hydrogen-bond acceptors (Lipinski definition) is 5. The highest BCUT2D eigenvalue weighted by Crippen LogP contribution is 2.34. The number of nitrogens with zero attached hydrogens (tertiary/aromatic N) is 2. The number of nitro groups is 1. The maximum Gasteiger partial charge on any atom is 0.410 e. The van der Waals surface area contributed by atoms with Gasteiger partial charge in [0.15, 0.2) is 5.03 Å². The molecule has 1 N–H and O–H groups in total. The molecule has 1 aliphatic rings. The molecule has 1 saturated heterocycles. The Morgan fingerprint density at radius 3 is 2.63 bits per heavy atom. The van der Waals surface area contributed by atoms with Crippen molar-refractivity contribution in [2.75, 3.05) is 17.2 Å². The number of anilines is 1. The highest BCUT2D eigenvalue weighted by Gasteiger charge is 2.33. The van der Waals surface area contributed by atoms with E-state index in [1.807, 2.05) is 30.3 Å². The first-order chi connectivity index (χ1) is 9.11. The minimum Gasteiger partial charge on any atom is -0.473 e. The predicted molar refractivity (Wildman–Crippen MR) is 72.5 cm³/mol. The lowest BCUT2D eigenvalue weighted by atomic mass is 10.2. The summed E-state index contributed by atoms with van der Waals surface area (Å²) in [5, 5.41) is 20.2. The average molecular weight is 280 g/mol. The van der Waals surface area contributed by atoms with E-state index < -0.39 is 16.6 Å².